The highest BCUT2D eigenvalue weighted by molar-refractivity contribution is 7.91. The number of nitro groups is 1. The van der Waals surface area contributed by atoms with E-state index in [0.717, 1.165) is 4.90 Å². The van der Waals surface area contributed by atoms with Gasteiger partial charge in [-0.25, -0.2) is 8.42 Å². The van der Waals surface area contributed by atoms with Crippen LogP contribution in [0.15, 0.2) is 41.0 Å². The van der Waals surface area contributed by atoms with Gasteiger partial charge in [0.15, 0.2) is 9.84 Å². The average Bonchev–Trinajstić information content (AvgIpc) is 2.99. The molecule has 0 spiro atoms. The Morgan fingerprint density at radius 2 is 2.04 bits per heavy atom. The van der Waals surface area contributed by atoms with Crippen LogP contribution in [0.4, 0.5) is 5.69 Å². The van der Waals surface area contributed by atoms with Crippen molar-refractivity contribution in [2.24, 2.45) is 0 Å². The van der Waals surface area contributed by atoms with E-state index in [4.69, 9.17) is 0 Å². The number of carbonyl (C=O) groups excluding carboxylic acids is 2. The summed E-state index contributed by atoms with van der Waals surface area (Å²) in [5.41, 5.74) is 0.111. The van der Waals surface area contributed by atoms with Gasteiger partial charge >= 0.3 is 0 Å². The van der Waals surface area contributed by atoms with E-state index in [1.54, 1.807) is 12.1 Å². The molecule has 1 saturated heterocycles. The zero-order chi connectivity index (χ0) is 20.6. The quantitative estimate of drug-likeness (QED) is 0.323. The van der Waals surface area contributed by atoms with Crippen molar-refractivity contribution in [1.82, 2.24) is 4.90 Å². The minimum atomic E-state index is -3.36. The van der Waals surface area contributed by atoms with E-state index < -0.39 is 32.6 Å². The first kappa shape index (κ1) is 19.4. The van der Waals surface area contributed by atoms with Gasteiger partial charge in [-0.1, -0.05) is 12.1 Å². The second-order valence-corrected chi connectivity index (χ2v) is 8.79. The minimum Gasteiger partial charge on any atom is -0.270 e. The van der Waals surface area contributed by atoms with E-state index >= 15 is 0 Å². The molecule has 2 aliphatic rings. The fraction of sp³-hybridized carbons (Fsp3) is 0.278. The van der Waals surface area contributed by atoms with Gasteiger partial charge in [-0.05, 0) is 30.6 Å². The van der Waals surface area contributed by atoms with Crippen molar-refractivity contribution >= 4 is 33.4 Å². The lowest BCUT2D eigenvalue weighted by Gasteiger charge is -2.31. The predicted octanol–water partition coefficient (Wildman–Crippen LogP) is 1.37. The second kappa shape index (κ2) is 7.01. The summed E-state index contributed by atoms with van der Waals surface area (Å²) in [7, 11) is -3.36. The lowest BCUT2D eigenvalue weighted by molar-refractivity contribution is -0.384. The lowest BCUT2D eigenvalue weighted by atomic mass is 9.92. The number of carbonyl (C=O) groups is 2. The van der Waals surface area contributed by atoms with Crippen molar-refractivity contribution in [3.8, 4) is 6.07 Å². The Labute approximate surface area is 160 Å². The summed E-state index contributed by atoms with van der Waals surface area (Å²) in [4.78, 5) is 36.8. The molecule has 1 unspecified atom stereocenters. The minimum absolute atomic E-state index is 0.0287. The van der Waals surface area contributed by atoms with Crippen molar-refractivity contribution in [2.45, 2.75) is 19.4 Å². The number of nitrogens with zero attached hydrogens (tertiary/aromatic N) is 3. The maximum atomic E-state index is 13.0. The summed E-state index contributed by atoms with van der Waals surface area (Å²) in [6.45, 7) is 1.44. The fourth-order valence-electron chi connectivity index (χ4n) is 3.31. The van der Waals surface area contributed by atoms with Crippen LogP contribution in [-0.4, -0.2) is 47.6 Å². The number of nitro benzene ring substituents is 1. The summed E-state index contributed by atoms with van der Waals surface area (Å²) in [6, 6.07) is 6.51. The molecule has 1 atom stereocenters. The van der Waals surface area contributed by atoms with Gasteiger partial charge in [-0.3, -0.25) is 24.6 Å². The molecule has 10 heteroatoms. The molecule has 2 heterocycles. The third kappa shape index (κ3) is 3.44. The Hall–Kier alpha value is -3.32. The van der Waals surface area contributed by atoms with Crippen molar-refractivity contribution in [3.63, 3.8) is 0 Å². The van der Waals surface area contributed by atoms with Crippen LogP contribution in [-0.2, 0) is 19.4 Å². The largest absolute Gasteiger partial charge is 0.271 e. The van der Waals surface area contributed by atoms with Crippen LogP contribution >= 0.6 is 0 Å². The molecule has 0 saturated carbocycles. The van der Waals surface area contributed by atoms with Crippen molar-refractivity contribution in [1.29, 1.82) is 5.26 Å². The van der Waals surface area contributed by atoms with Gasteiger partial charge in [-0.15, -0.1) is 0 Å². The highest BCUT2D eigenvalue weighted by atomic mass is 32.2. The normalized spacial score (nSPS) is 23.2. The van der Waals surface area contributed by atoms with Gasteiger partial charge in [-0.2, -0.15) is 5.26 Å². The molecule has 0 N–H and O–H groups in total. The molecule has 0 aromatic heterocycles. The Morgan fingerprint density at radius 3 is 2.61 bits per heavy atom. The van der Waals surface area contributed by atoms with Crippen LogP contribution in [0.25, 0.3) is 6.08 Å². The maximum absolute atomic E-state index is 13.0. The van der Waals surface area contributed by atoms with E-state index in [0.29, 0.717) is 5.56 Å². The van der Waals surface area contributed by atoms with E-state index in [2.05, 4.69) is 0 Å². The first-order valence-corrected chi connectivity index (χ1v) is 10.1. The smallest absolute Gasteiger partial charge is 0.270 e. The lowest BCUT2D eigenvalue weighted by Crippen LogP contribution is -2.49. The van der Waals surface area contributed by atoms with Crippen LogP contribution in [0.1, 0.15) is 18.9 Å². The van der Waals surface area contributed by atoms with Gasteiger partial charge in [0.05, 0.1) is 22.5 Å². The molecule has 1 aromatic carbocycles. The van der Waals surface area contributed by atoms with Crippen LogP contribution in [0.3, 0.4) is 0 Å². The first-order chi connectivity index (χ1) is 13.1. The second-order valence-electron chi connectivity index (χ2n) is 6.56. The summed E-state index contributed by atoms with van der Waals surface area (Å²) in [6.07, 6.45) is 1.48. The summed E-state index contributed by atoms with van der Waals surface area (Å²) in [5.74, 6) is -2.01. The van der Waals surface area contributed by atoms with Crippen LogP contribution in [0.5, 0.6) is 0 Å². The molecular weight excluding hydrogens is 386 g/mol. The summed E-state index contributed by atoms with van der Waals surface area (Å²) >= 11 is 0. The van der Waals surface area contributed by atoms with E-state index in [1.807, 2.05) is 0 Å². The number of nitriles is 1. The number of rotatable bonds is 3. The predicted molar refractivity (Wildman–Crippen MR) is 98.3 cm³/mol. The summed E-state index contributed by atoms with van der Waals surface area (Å²) < 4.78 is 23.6. The number of benzene rings is 1. The first-order valence-electron chi connectivity index (χ1n) is 8.30. The number of hydrogen-bond acceptors (Lipinski definition) is 7. The van der Waals surface area contributed by atoms with Gasteiger partial charge in [0.1, 0.15) is 11.6 Å². The molecule has 0 bridgehead atoms. The van der Waals surface area contributed by atoms with E-state index in [1.165, 1.54) is 31.2 Å². The Bertz CT molecular complexity index is 1110. The molecule has 28 heavy (non-hydrogen) atoms. The Morgan fingerprint density at radius 1 is 1.32 bits per heavy atom. The van der Waals surface area contributed by atoms with Crippen LogP contribution in [0.2, 0.25) is 0 Å². The maximum Gasteiger partial charge on any atom is 0.271 e. The molecule has 0 radical (unpaired) electrons. The van der Waals surface area contributed by atoms with Gasteiger partial charge < -0.3 is 0 Å². The average molecular weight is 401 g/mol. The van der Waals surface area contributed by atoms with Crippen molar-refractivity contribution in [2.75, 3.05) is 11.5 Å². The SMILES string of the molecule is CC1=C(C#N)C(=O)N(C2CCS(=O)(=O)C2)C(=O)C1=Cc1cccc([N+](=O)[O-])c1. The number of hydrogen-bond donors (Lipinski definition) is 0. The van der Waals surface area contributed by atoms with E-state index in [9.17, 15) is 33.4 Å². The molecule has 3 rings (SSSR count). The van der Waals surface area contributed by atoms with Crippen molar-refractivity contribution < 1.29 is 22.9 Å². The van der Waals surface area contributed by atoms with Crippen molar-refractivity contribution in [3.05, 3.63) is 56.7 Å². The highest BCUT2D eigenvalue weighted by Gasteiger charge is 2.43. The van der Waals surface area contributed by atoms with Crippen LogP contribution < -0.4 is 0 Å². The molecule has 1 fully saturated rings. The summed E-state index contributed by atoms with van der Waals surface area (Å²) in [5, 5.41) is 20.3. The van der Waals surface area contributed by atoms with Gasteiger partial charge in [0.25, 0.3) is 17.5 Å². The number of sulfone groups is 1. The third-order valence-corrected chi connectivity index (χ3v) is 6.49. The molecule has 2 aliphatic heterocycles. The number of non-ortho nitro benzene ring substituents is 1. The topological polar surface area (TPSA) is 138 Å². The molecule has 1 aromatic rings. The molecule has 144 valence electrons. The van der Waals surface area contributed by atoms with Gasteiger partial charge in [0.2, 0.25) is 0 Å². The number of imide groups is 1. The zero-order valence-electron chi connectivity index (χ0n) is 14.8. The fourth-order valence-corrected chi connectivity index (χ4v) is 5.00. The molecule has 0 aliphatic carbocycles. The standard InChI is InChI=1S/C18H15N3O6S/c1-11-15(8-12-3-2-4-13(7-12)21(24)25)17(22)20(18(23)16(11)9-19)14-5-6-28(26,27)10-14/h2-4,7-8,14H,5-6,10H2,1H3. The van der Waals surface area contributed by atoms with Gasteiger partial charge in [0, 0.05) is 17.7 Å². The van der Waals surface area contributed by atoms with E-state index in [-0.39, 0.29) is 40.3 Å². The number of amides is 2. The Balaban J connectivity index is 2.10. The Kier molecular flexibility index (Phi) is 4.87. The van der Waals surface area contributed by atoms with Crippen LogP contribution in [0, 0.1) is 21.4 Å². The zero-order valence-corrected chi connectivity index (χ0v) is 15.6. The molecule has 2 amide bonds. The molecule has 9 nitrogen and oxygen atoms in total. The highest BCUT2D eigenvalue weighted by Crippen LogP contribution is 2.31. The monoisotopic (exact) mass is 401 g/mol. The molecular formula is C18H15N3O6S. The third-order valence-electron chi connectivity index (χ3n) is 4.74.